The zero-order valence-corrected chi connectivity index (χ0v) is 21.7. The first-order valence-corrected chi connectivity index (χ1v) is 12.2. The smallest absolute Gasteiger partial charge is 0.296 e. The predicted octanol–water partition coefficient (Wildman–Crippen LogP) is 6.44. The summed E-state index contributed by atoms with van der Waals surface area (Å²) in [5, 5.41) is 6.63. The molecular weight excluding hydrogens is 563 g/mol. The lowest BCUT2D eigenvalue weighted by Crippen LogP contribution is -2.42. The third-order valence-corrected chi connectivity index (χ3v) is 6.42. The van der Waals surface area contributed by atoms with E-state index < -0.39 is 18.0 Å². The van der Waals surface area contributed by atoms with E-state index in [9.17, 15) is 14.4 Å². The molecule has 0 aliphatic rings. The minimum atomic E-state index is -0.832. The first kappa shape index (κ1) is 26.3. The Labute approximate surface area is 212 Å². The molecule has 0 saturated heterocycles. The third kappa shape index (κ3) is 7.31. The minimum absolute atomic E-state index is 0.0421. The van der Waals surface area contributed by atoms with Crippen LogP contribution in [0.1, 0.15) is 17.3 Å². The second-order valence-electron chi connectivity index (χ2n) is 5.88. The Morgan fingerprint density at radius 3 is 2.25 bits per heavy atom. The number of rotatable bonds is 5. The van der Waals surface area contributed by atoms with Crippen LogP contribution in [0.25, 0.3) is 0 Å². The van der Waals surface area contributed by atoms with E-state index in [4.69, 9.17) is 28.0 Å². The molecule has 0 heterocycles. The van der Waals surface area contributed by atoms with E-state index in [2.05, 4.69) is 26.4 Å². The Hall–Kier alpha value is -1.92. The van der Waals surface area contributed by atoms with Gasteiger partial charge >= 0.3 is 12.1 Å². The fourth-order valence-corrected chi connectivity index (χ4v) is 3.68. The van der Waals surface area contributed by atoms with Crippen molar-refractivity contribution in [2.24, 2.45) is 5.16 Å². The van der Waals surface area contributed by atoms with Crippen molar-refractivity contribution in [3.05, 3.63) is 62.5 Å². The molecule has 2 aromatic rings. The van der Waals surface area contributed by atoms with Gasteiger partial charge in [0.05, 0.1) is 33.4 Å². The summed E-state index contributed by atoms with van der Waals surface area (Å²) in [6.07, 6.45) is 0.964. The molecule has 1 N–H and O–H groups in total. The van der Waals surface area contributed by atoms with Gasteiger partial charge in [-0.3, -0.25) is 14.9 Å². The number of hydrogen-bond acceptors (Lipinski definition) is 7. The number of benzene rings is 2. The number of carbonyl (C=O) groups excluding carboxylic acids is 3. The predicted molar refractivity (Wildman–Crippen MR) is 134 cm³/mol. The lowest BCUT2D eigenvalue weighted by atomic mass is 10.2. The molecule has 0 bridgehead atoms. The van der Waals surface area contributed by atoms with E-state index in [1.165, 1.54) is 30.9 Å². The molecule has 8 nitrogen and oxygen atoms in total. The first-order valence-electron chi connectivity index (χ1n) is 8.70. The van der Waals surface area contributed by atoms with Gasteiger partial charge < -0.3 is 0 Å². The summed E-state index contributed by atoms with van der Waals surface area (Å²) in [5.41, 5.74) is 0.344. The minimum Gasteiger partial charge on any atom is -0.296 e. The Bertz CT molecular complexity index is 1020. The Morgan fingerprint density at radius 1 is 1.09 bits per heavy atom. The highest BCUT2D eigenvalue weighted by molar-refractivity contribution is 9.10. The molecule has 0 aliphatic heterocycles. The highest BCUT2D eigenvalue weighted by Crippen LogP contribution is 2.28. The zero-order valence-electron chi connectivity index (χ0n) is 17.0. The molecular formula is C19H17BrCl2N4O4S2. The van der Waals surface area contributed by atoms with Crippen LogP contribution in [-0.4, -0.2) is 40.7 Å². The molecule has 4 amide bonds. The molecule has 2 rings (SSSR count). The summed E-state index contributed by atoms with van der Waals surface area (Å²) < 4.78 is 2.92. The van der Waals surface area contributed by atoms with Crippen molar-refractivity contribution in [2.75, 3.05) is 17.6 Å². The lowest BCUT2D eigenvalue weighted by Gasteiger charge is -2.25. The maximum Gasteiger partial charge on any atom is 0.447 e. The SMILES string of the molecule is CS/C(C)=N/OC(=O)N(C)SN(C(=O)NC(=O)c1c(Cl)cccc1Cl)c1ccc(Br)cc1. The van der Waals surface area contributed by atoms with Gasteiger partial charge in [0.2, 0.25) is 0 Å². The number of oxime groups is 1. The average Bonchev–Trinajstić information content (AvgIpc) is 2.75. The highest BCUT2D eigenvalue weighted by atomic mass is 79.9. The fourth-order valence-electron chi connectivity index (χ4n) is 2.06. The number of amides is 4. The van der Waals surface area contributed by atoms with Gasteiger partial charge in [-0.1, -0.05) is 50.4 Å². The van der Waals surface area contributed by atoms with E-state index in [0.717, 1.165) is 13.1 Å². The molecule has 0 unspecified atom stereocenters. The van der Waals surface area contributed by atoms with Crippen LogP contribution in [0.5, 0.6) is 0 Å². The number of carbonyl (C=O) groups is 3. The van der Waals surface area contributed by atoms with Crippen LogP contribution in [-0.2, 0) is 4.84 Å². The van der Waals surface area contributed by atoms with Gasteiger partial charge in [0.1, 0.15) is 5.04 Å². The monoisotopic (exact) mass is 578 g/mol. The van der Waals surface area contributed by atoms with Gasteiger partial charge in [-0.25, -0.2) is 18.2 Å². The van der Waals surface area contributed by atoms with Gasteiger partial charge in [0, 0.05) is 11.5 Å². The molecule has 0 radical (unpaired) electrons. The van der Waals surface area contributed by atoms with Gasteiger partial charge in [-0.05, 0) is 49.6 Å². The summed E-state index contributed by atoms with van der Waals surface area (Å²) in [6.45, 7) is 1.68. The zero-order chi connectivity index (χ0) is 23.8. The van der Waals surface area contributed by atoms with Crippen molar-refractivity contribution >= 4 is 91.8 Å². The second kappa shape index (κ2) is 12.4. The maximum atomic E-state index is 13.0. The Kier molecular flexibility index (Phi) is 10.2. The normalized spacial score (nSPS) is 11.0. The number of nitrogens with one attached hydrogen (secondary N) is 1. The van der Waals surface area contributed by atoms with E-state index in [1.54, 1.807) is 43.5 Å². The number of thioether (sulfide) groups is 1. The van der Waals surface area contributed by atoms with Crippen LogP contribution < -0.4 is 9.62 Å². The Morgan fingerprint density at radius 2 is 1.69 bits per heavy atom. The third-order valence-electron chi connectivity index (χ3n) is 3.66. The number of imide groups is 1. The Balaban J connectivity index is 2.25. The fraction of sp³-hybridized carbons (Fsp3) is 0.158. The number of urea groups is 1. The topological polar surface area (TPSA) is 91.3 Å². The van der Waals surface area contributed by atoms with E-state index >= 15 is 0 Å². The molecule has 32 heavy (non-hydrogen) atoms. The summed E-state index contributed by atoms with van der Waals surface area (Å²) in [7, 11) is 1.39. The van der Waals surface area contributed by atoms with E-state index in [0.29, 0.717) is 22.9 Å². The quantitative estimate of drug-likeness (QED) is 0.144. The average molecular weight is 580 g/mol. The molecule has 0 fully saturated rings. The van der Waals surface area contributed by atoms with Crippen LogP contribution in [0.15, 0.2) is 52.1 Å². The summed E-state index contributed by atoms with van der Waals surface area (Å²) in [6, 6.07) is 10.4. The molecule has 0 aliphatic carbocycles. The number of nitrogens with zero attached hydrogens (tertiary/aromatic N) is 3. The van der Waals surface area contributed by atoms with E-state index in [-0.39, 0.29) is 15.6 Å². The van der Waals surface area contributed by atoms with Gasteiger partial charge in [-0.15, -0.1) is 11.8 Å². The lowest BCUT2D eigenvalue weighted by molar-refractivity contribution is 0.0966. The molecule has 13 heteroatoms. The summed E-state index contributed by atoms with van der Waals surface area (Å²) in [4.78, 5) is 42.7. The van der Waals surface area contributed by atoms with Crippen molar-refractivity contribution in [2.45, 2.75) is 6.92 Å². The van der Waals surface area contributed by atoms with Gasteiger partial charge in [-0.2, -0.15) is 0 Å². The van der Waals surface area contributed by atoms with Crippen molar-refractivity contribution in [3.63, 3.8) is 0 Å². The summed E-state index contributed by atoms with van der Waals surface area (Å²) >= 11 is 17.4. The number of hydrogen-bond donors (Lipinski definition) is 1. The van der Waals surface area contributed by atoms with Crippen molar-refractivity contribution in [3.8, 4) is 0 Å². The van der Waals surface area contributed by atoms with Crippen molar-refractivity contribution in [1.82, 2.24) is 9.62 Å². The molecule has 0 spiro atoms. The van der Waals surface area contributed by atoms with Crippen LogP contribution in [0.4, 0.5) is 15.3 Å². The molecule has 0 saturated carbocycles. The molecule has 0 aromatic heterocycles. The van der Waals surface area contributed by atoms with Gasteiger partial charge in [0.15, 0.2) is 0 Å². The van der Waals surface area contributed by atoms with E-state index in [1.807, 2.05) is 0 Å². The van der Waals surface area contributed by atoms with Crippen LogP contribution in [0.3, 0.4) is 0 Å². The molecule has 2 aromatic carbocycles. The van der Waals surface area contributed by atoms with Crippen LogP contribution in [0, 0.1) is 0 Å². The summed E-state index contributed by atoms with van der Waals surface area (Å²) in [5.74, 6) is -0.793. The second-order valence-corrected chi connectivity index (χ2v) is 9.68. The number of anilines is 1. The maximum absolute atomic E-state index is 13.0. The molecule has 170 valence electrons. The van der Waals surface area contributed by atoms with Crippen molar-refractivity contribution < 1.29 is 19.2 Å². The van der Waals surface area contributed by atoms with Crippen LogP contribution in [0.2, 0.25) is 10.0 Å². The first-order chi connectivity index (χ1) is 15.1. The number of halogens is 3. The van der Waals surface area contributed by atoms with Crippen LogP contribution >= 0.6 is 63.0 Å². The highest BCUT2D eigenvalue weighted by Gasteiger charge is 2.26. The molecule has 0 atom stereocenters. The van der Waals surface area contributed by atoms with Gasteiger partial charge in [0.25, 0.3) is 5.91 Å². The largest absolute Gasteiger partial charge is 0.447 e. The van der Waals surface area contributed by atoms with Crippen molar-refractivity contribution in [1.29, 1.82) is 0 Å². The standard InChI is InChI=1S/C19H17BrCl2N4O4S2/c1-11(31-3)24-30-19(29)25(2)32-26(13-9-7-12(20)8-10-13)18(28)23-17(27)16-14(21)5-4-6-15(16)22/h4-10H,1-3H3,(H,23,27,28)/b24-11+.